The average molecular weight is 310 g/mol. The molecule has 116 valence electrons. The molecule has 5 heteroatoms. The molecule has 0 aliphatic carbocycles. The van der Waals surface area contributed by atoms with E-state index in [4.69, 9.17) is 11.6 Å². The summed E-state index contributed by atoms with van der Waals surface area (Å²) in [6.45, 7) is 4.75. The molecule has 1 aliphatic heterocycles. The summed E-state index contributed by atoms with van der Waals surface area (Å²) in [5, 5.41) is 4.08. The maximum atomic E-state index is 12.3. The summed E-state index contributed by atoms with van der Waals surface area (Å²) in [5.74, 6) is 0.171. The molecule has 0 aromatic heterocycles. The monoisotopic (exact) mass is 309 g/mol. The summed E-state index contributed by atoms with van der Waals surface area (Å²) < 4.78 is 0. The zero-order chi connectivity index (χ0) is 15.4. The minimum Gasteiger partial charge on any atom is -0.347 e. The normalized spacial score (nSPS) is 21.0. The Morgan fingerprint density at radius 2 is 2.10 bits per heavy atom. The molecule has 1 heterocycles. The number of nitrogens with one attached hydrogen (secondary N) is 1. The topological polar surface area (TPSA) is 35.6 Å². The van der Waals surface area contributed by atoms with E-state index >= 15 is 0 Å². The number of hydrogen-bond donors (Lipinski definition) is 1. The Kier molecular flexibility index (Phi) is 5.62. The van der Waals surface area contributed by atoms with Crippen molar-refractivity contribution >= 4 is 17.5 Å². The highest BCUT2D eigenvalue weighted by molar-refractivity contribution is 6.30. The first-order valence-electron chi connectivity index (χ1n) is 7.41. The van der Waals surface area contributed by atoms with Crippen LogP contribution < -0.4 is 5.32 Å². The Bertz CT molecular complexity index is 475. The summed E-state index contributed by atoms with van der Waals surface area (Å²) >= 11 is 5.93. The Morgan fingerprint density at radius 1 is 1.43 bits per heavy atom. The summed E-state index contributed by atoms with van der Waals surface area (Å²) in [4.78, 5) is 16.3. The Morgan fingerprint density at radius 3 is 2.71 bits per heavy atom. The van der Waals surface area contributed by atoms with E-state index in [-0.39, 0.29) is 11.9 Å². The largest absolute Gasteiger partial charge is 0.347 e. The van der Waals surface area contributed by atoms with Crippen molar-refractivity contribution in [3.8, 4) is 0 Å². The first-order valence-corrected chi connectivity index (χ1v) is 7.79. The lowest BCUT2D eigenvalue weighted by Gasteiger charge is -2.40. The third-order valence-electron chi connectivity index (χ3n) is 4.02. The molecular weight excluding hydrogens is 286 g/mol. The van der Waals surface area contributed by atoms with Gasteiger partial charge in [0.2, 0.25) is 5.91 Å². The van der Waals surface area contributed by atoms with Crippen LogP contribution in [0.2, 0.25) is 5.02 Å². The molecule has 4 nitrogen and oxygen atoms in total. The van der Waals surface area contributed by atoms with Crippen LogP contribution in [0.15, 0.2) is 24.3 Å². The van der Waals surface area contributed by atoms with Gasteiger partial charge < -0.3 is 10.2 Å². The molecule has 2 atom stereocenters. The summed E-state index contributed by atoms with van der Waals surface area (Å²) in [7, 11) is 3.64. The van der Waals surface area contributed by atoms with Gasteiger partial charge in [-0.25, -0.2) is 0 Å². The smallest absolute Gasteiger partial charge is 0.240 e. The van der Waals surface area contributed by atoms with Gasteiger partial charge in [0.1, 0.15) is 6.04 Å². The fraction of sp³-hybridized carbons (Fsp3) is 0.562. The third-order valence-corrected chi connectivity index (χ3v) is 4.27. The molecular formula is C16H24ClN3O. The molecule has 1 aromatic carbocycles. The lowest BCUT2D eigenvalue weighted by Crippen LogP contribution is -2.60. The number of piperazine rings is 1. The first-order chi connectivity index (χ1) is 9.99. The van der Waals surface area contributed by atoms with Gasteiger partial charge in [0.25, 0.3) is 0 Å². The van der Waals surface area contributed by atoms with E-state index in [0.29, 0.717) is 6.04 Å². The predicted octanol–water partition coefficient (Wildman–Crippen LogP) is 1.63. The van der Waals surface area contributed by atoms with Gasteiger partial charge in [0.15, 0.2) is 0 Å². The molecule has 1 amide bonds. The summed E-state index contributed by atoms with van der Waals surface area (Å²) in [6, 6.07) is 8.21. The third kappa shape index (κ3) is 4.19. The molecule has 0 saturated carbocycles. The van der Waals surface area contributed by atoms with Crippen LogP contribution in [0.4, 0.5) is 0 Å². The molecule has 21 heavy (non-hydrogen) atoms. The fourth-order valence-corrected chi connectivity index (χ4v) is 2.98. The van der Waals surface area contributed by atoms with Crippen molar-refractivity contribution in [3.63, 3.8) is 0 Å². The minimum absolute atomic E-state index is 0.0731. The number of benzene rings is 1. The van der Waals surface area contributed by atoms with E-state index in [1.165, 1.54) is 5.56 Å². The van der Waals surface area contributed by atoms with Crippen LogP contribution in [0.3, 0.4) is 0 Å². The molecule has 1 N–H and O–H groups in total. The number of amides is 1. The predicted molar refractivity (Wildman–Crippen MR) is 86.7 cm³/mol. The fourth-order valence-electron chi connectivity index (χ4n) is 2.85. The van der Waals surface area contributed by atoms with Gasteiger partial charge in [-0.1, -0.05) is 23.7 Å². The maximum absolute atomic E-state index is 12.3. The van der Waals surface area contributed by atoms with Gasteiger partial charge in [-0.05, 0) is 31.0 Å². The minimum atomic E-state index is -0.0731. The van der Waals surface area contributed by atoms with Crippen molar-refractivity contribution in [1.82, 2.24) is 15.1 Å². The zero-order valence-corrected chi connectivity index (χ0v) is 13.7. The second kappa shape index (κ2) is 7.25. The Balaban J connectivity index is 2.06. The molecule has 1 saturated heterocycles. The first kappa shape index (κ1) is 16.3. The van der Waals surface area contributed by atoms with Gasteiger partial charge in [-0.2, -0.15) is 0 Å². The van der Waals surface area contributed by atoms with Crippen LogP contribution in [0.5, 0.6) is 0 Å². The second-order valence-corrected chi connectivity index (χ2v) is 6.31. The highest BCUT2D eigenvalue weighted by Gasteiger charge is 2.32. The van der Waals surface area contributed by atoms with Gasteiger partial charge in [0, 0.05) is 44.8 Å². The van der Waals surface area contributed by atoms with Gasteiger partial charge in [-0.15, -0.1) is 0 Å². The van der Waals surface area contributed by atoms with Crippen molar-refractivity contribution in [2.45, 2.75) is 25.4 Å². The molecule has 2 rings (SSSR count). The molecule has 2 unspecified atom stereocenters. The number of carbonyl (C=O) groups excluding carboxylic acids is 1. The number of hydrogen-bond acceptors (Lipinski definition) is 3. The van der Waals surface area contributed by atoms with Crippen LogP contribution in [0.25, 0.3) is 0 Å². The number of likely N-dealkylation sites (N-methyl/N-ethyl adjacent to an activating group) is 1. The SMILES string of the molecule is CC(Cc1ccc(Cl)cc1)N1CCNCC1C(=O)N(C)C. The van der Waals surface area contributed by atoms with Gasteiger partial charge in [0.05, 0.1) is 0 Å². The molecule has 0 radical (unpaired) electrons. The van der Waals surface area contributed by atoms with Crippen molar-refractivity contribution in [2.24, 2.45) is 0 Å². The van der Waals surface area contributed by atoms with E-state index in [2.05, 4.69) is 29.3 Å². The molecule has 1 aliphatic rings. The van der Waals surface area contributed by atoms with Crippen LogP contribution in [-0.4, -0.2) is 61.5 Å². The molecule has 0 spiro atoms. The Labute approximate surface area is 132 Å². The van der Waals surface area contributed by atoms with Crippen LogP contribution >= 0.6 is 11.6 Å². The van der Waals surface area contributed by atoms with Crippen molar-refractivity contribution in [2.75, 3.05) is 33.7 Å². The van der Waals surface area contributed by atoms with E-state index < -0.39 is 0 Å². The van der Waals surface area contributed by atoms with Crippen molar-refractivity contribution in [1.29, 1.82) is 0 Å². The van der Waals surface area contributed by atoms with E-state index in [1.54, 1.807) is 4.90 Å². The van der Waals surface area contributed by atoms with E-state index in [1.807, 2.05) is 26.2 Å². The van der Waals surface area contributed by atoms with Gasteiger partial charge in [-0.3, -0.25) is 9.69 Å². The van der Waals surface area contributed by atoms with Crippen LogP contribution in [-0.2, 0) is 11.2 Å². The van der Waals surface area contributed by atoms with Crippen LogP contribution in [0, 0.1) is 0 Å². The van der Waals surface area contributed by atoms with E-state index in [0.717, 1.165) is 31.1 Å². The van der Waals surface area contributed by atoms with E-state index in [9.17, 15) is 4.79 Å². The lowest BCUT2D eigenvalue weighted by atomic mass is 10.0. The van der Waals surface area contributed by atoms with Crippen molar-refractivity contribution in [3.05, 3.63) is 34.9 Å². The molecule has 1 fully saturated rings. The summed E-state index contributed by atoms with van der Waals surface area (Å²) in [5.41, 5.74) is 1.25. The van der Waals surface area contributed by atoms with Crippen molar-refractivity contribution < 1.29 is 4.79 Å². The second-order valence-electron chi connectivity index (χ2n) is 5.87. The average Bonchev–Trinajstić information content (AvgIpc) is 2.48. The van der Waals surface area contributed by atoms with Gasteiger partial charge >= 0.3 is 0 Å². The standard InChI is InChI=1S/C16H24ClN3O/c1-12(10-13-4-6-14(17)7-5-13)20-9-8-18-11-15(20)16(21)19(2)3/h4-7,12,15,18H,8-11H2,1-3H3. The summed E-state index contributed by atoms with van der Waals surface area (Å²) in [6.07, 6.45) is 0.925. The Hall–Kier alpha value is -1.10. The molecule has 0 bridgehead atoms. The zero-order valence-electron chi connectivity index (χ0n) is 13.0. The quantitative estimate of drug-likeness (QED) is 0.918. The number of halogens is 1. The van der Waals surface area contributed by atoms with Crippen LogP contribution in [0.1, 0.15) is 12.5 Å². The number of carbonyl (C=O) groups is 1. The lowest BCUT2D eigenvalue weighted by molar-refractivity contribution is -0.136. The highest BCUT2D eigenvalue weighted by atomic mass is 35.5. The number of rotatable bonds is 4. The highest BCUT2D eigenvalue weighted by Crippen LogP contribution is 2.16. The molecule has 1 aromatic rings. The maximum Gasteiger partial charge on any atom is 0.240 e. The number of nitrogens with zero attached hydrogens (tertiary/aromatic N) is 2.